The minimum atomic E-state index is -1.84. The topological polar surface area (TPSA) is 18.5 Å². The molecule has 0 aliphatic heterocycles. The van der Waals surface area contributed by atoms with Gasteiger partial charge in [-0.25, -0.2) is 0 Å². The van der Waals surface area contributed by atoms with E-state index in [0.717, 1.165) is 11.5 Å². The van der Waals surface area contributed by atoms with Gasteiger partial charge in [-0.3, -0.25) is 0 Å². The van der Waals surface area contributed by atoms with Crippen LogP contribution in [0.4, 0.5) is 0 Å². The zero-order chi connectivity index (χ0) is 20.6. The smallest absolute Gasteiger partial charge is 0.250 e. The van der Waals surface area contributed by atoms with Crippen LogP contribution in [0.25, 0.3) is 0 Å². The van der Waals surface area contributed by atoms with Crippen molar-refractivity contribution in [2.75, 3.05) is 7.11 Å². The highest BCUT2D eigenvalue weighted by Gasteiger charge is 2.39. The molecule has 2 rings (SSSR count). The number of benzene rings is 2. The van der Waals surface area contributed by atoms with Crippen LogP contribution >= 0.6 is 0 Å². The van der Waals surface area contributed by atoms with E-state index in [0.29, 0.717) is 0 Å². The molecule has 0 amide bonds. The van der Waals surface area contributed by atoms with E-state index >= 15 is 0 Å². The van der Waals surface area contributed by atoms with E-state index in [-0.39, 0.29) is 5.04 Å². The molecule has 2 aromatic rings. The number of methoxy groups -OCH3 is 1. The van der Waals surface area contributed by atoms with Crippen molar-refractivity contribution in [3.63, 3.8) is 0 Å². The van der Waals surface area contributed by atoms with Crippen molar-refractivity contribution >= 4 is 26.5 Å². The summed E-state index contributed by atoms with van der Waals surface area (Å²) in [5, 5.41) is 0.191. The van der Waals surface area contributed by atoms with E-state index in [1.54, 1.807) is 7.11 Å². The molecular formula is C23H34BO2Si. The predicted molar refractivity (Wildman–Crippen MR) is 121 cm³/mol. The van der Waals surface area contributed by atoms with Crippen LogP contribution < -0.4 is 20.1 Å². The van der Waals surface area contributed by atoms with Gasteiger partial charge in [-0.05, 0) is 70.1 Å². The van der Waals surface area contributed by atoms with Gasteiger partial charge >= 0.3 is 0 Å². The summed E-state index contributed by atoms with van der Waals surface area (Å²) in [6.07, 6.45) is 0. The van der Waals surface area contributed by atoms with Crippen molar-refractivity contribution in [1.29, 1.82) is 0 Å². The average molecular weight is 381 g/mol. The molecule has 0 spiro atoms. The van der Waals surface area contributed by atoms with Crippen LogP contribution in [0.5, 0.6) is 11.5 Å². The molecule has 0 aliphatic carbocycles. The number of hydrogen-bond acceptors (Lipinski definition) is 2. The van der Waals surface area contributed by atoms with Gasteiger partial charge in [0.2, 0.25) is 8.32 Å². The van der Waals surface area contributed by atoms with Crippen LogP contribution in [0.3, 0.4) is 0 Å². The number of hydrogen-bond donors (Lipinski definition) is 0. The monoisotopic (exact) mass is 381 g/mol. The van der Waals surface area contributed by atoms with Gasteiger partial charge in [-0.15, -0.1) is 0 Å². The molecule has 0 N–H and O–H groups in total. The van der Waals surface area contributed by atoms with Gasteiger partial charge in [0, 0.05) is 0 Å². The highest BCUT2D eigenvalue weighted by molar-refractivity contribution is 6.74. The van der Waals surface area contributed by atoms with Gasteiger partial charge in [0.05, 0.1) is 7.11 Å². The molecule has 0 saturated carbocycles. The minimum Gasteiger partial charge on any atom is -0.543 e. The molecule has 27 heavy (non-hydrogen) atoms. The summed E-state index contributed by atoms with van der Waals surface area (Å²) in [7, 11) is 2.18. The second-order valence-corrected chi connectivity index (χ2v) is 13.9. The highest BCUT2D eigenvalue weighted by atomic mass is 28.4. The van der Waals surface area contributed by atoms with Gasteiger partial charge < -0.3 is 9.16 Å². The van der Waals surface area contributed by atoms with E-state index in [1.165, 1.54) is 33.2 Å². The van der Waals surface area contributed by atoms with E-state index in [4.69, 9.17) is 9.16 Å². The molecule has 0 atom stereocenters. The lowest BCUT2D eigenvalue weighted by atomic mass is 9.58. The maximum Gasteiger partial charge on any atom is 0.250 e. The SMILES string of the molecule is COc1cc(C)c([B]c2c(C)cc(O[Si](C)(C)C(C)(C)C)cc2C)c(C)c1. The van der Waals surface area contributed by atoms with E-state index in [2.05, 4.69) is 93.1 Å². The molecule has 0 unspecified atom stereocenters. The molecule has 0 aromatic heterocycles. The first-order valence-corrected chi connectivity index (χ1v) is 12.6. The zero-order valence-electron chi connectivity index (χ0n) is 18.7. The molecule has 1 radical (unpaired) electrons. The second-order valence-electron chi connectivity index (χ2n) is 9.15. The largest absolute Gasteiger partial charge is 0.543 e. The standard InChI is InChI=1S/C23H34BO2Si/c1-15-11-19(25-8)12-16(2)21(15)24-22-17(3)13-20(14-18(22)4)26-27(9,10)23(5,6)7/h11-14H,1-10H3. The quantitative estimate of drug-likeness (QED) is 0.681. The summed E-state index contributed by atoms with van der Waals surface area (Å²) in [4.78, 5) is 0. The van der Waals surface area contributed by atoms with Crippen molar-refractivity contribution < 1.29 is 9.16 Å². The lowest BCUT2D eigenvalue weighted by Crippen LogP contribution is -2.44. The molecule has 2 aromatic carbocycles. The Balaban J connectivity index is 2.36. The maximum absolute atomic E-state index is 6.52. The van der Waals surface area contributed by atoms with Gasteiger partial charge in [0.15, 0.2) is 7.28 Å². The van der Waals surface area contributed by atoms with E-state index < -0.39 is 8.32 Å². The molecule has 2 nitrogen and oxygen atoms in total. The van der Waals surface area contributed by atoms with Gasteiger partial charge in [0.25, 0.3) is 0 Å². The predicted octanol–water partition coefficient (Wildman–Crippen LogP) is 4.97. The van der Waals surface area contributed by atoms with Gasteiger partial charge in [0.1, 0.15) is 11.5 Å². The molecule has 0 aliphatic rings. The molecule has 0 fully saturated rings. The van der Waals surface area contributed by atoms with Crippen molar-refractivity contribution in [3.8, 4) is 11.5 Å². The third-order valence-corrected chi connectivity index (χ3v) is 10.2. The number of ether oxygens (including phenoxy) is 1. The number of rotatable bonds is 5. The fourth-order valence-electron chi connectivity index (χ4n) is 3.09. The highest BCUT2D eigenvalue weighted by Crippen LogP contribution is 2.37. The first-order chi connectivity index (χ1) is 12.4. The molecule has 0 saturated heterocycles. The maximum atomic E-state index is 6.52. The van der Waals surface area contributed by atoms with Crippen molar-refractivity contribution in [2.45, 2.75) is 66.6 Å². The Morgan fingerprint density at radius 2 is 1.11 bits per heavy atom. The van der Waals surface area contributed by atoms with Crippen molar-refractivity contribution in [2.24, 2.45) is 0 Å². The van der Waals surface area contributed by atoms with Gasteiger partial charge in [-0.1, -0.05) is 54.0 Å². The van der Waals surface area contributed by atoms with Crippen molar-refractivity contribution in [3.05, 3.63) is 46.5 Å². The first kappa shape index (κ1) is 21.6. The summed E-state index contributed by atoms with van der Waals surface area (Å²) in [6, 6.07) is 8.57. The Kier molecular flexibility index (Phi) is 6.20. The third-order valence-electron chi connectivity index (χ3n) is 5.84. The Hall–Kier alpha value is -1.68. The summed E-state index contributed by atoms with van der Waals surface area (Å²) < 4.78 is 11.9. The normalized spacial score (nSPS) is 12.1. The average Bonchev–Trinajstić information content (AvgIpc) is 2.51. The van der Waals surface area contributed by atoms with Crippen LogP contribution in [-0.4, -0.2) is 22.7 Å². The molecule has 145 valence electrons. The van der Waals surface area contributed by atoms with Crippen LogP contribution in [-0.2, 0) is 0 Å². The summed E-state index contributed by atoms with van der Waals surface area (Å²) in [6.45, 7) is 20.0. The molecule has 0 heterocycles. The lowest BCUT2D eigenvalue weighted by molar-refractivity contribution is 0.414. The van der Waals surface area contributed by atoms with E-state index in [1.807, 2.05) is 0 Å². The van der Waals surface area contributed by atoms with E-state index in [9.17, 15) is 0 Å². The van der Waals surface area contributed by atoms with Crippen LogP contribution in [0.15, 0.2) is 24.3 Å². The Morgan fingerprint density at radius 1 is 0.741 bits per heavy atom. The lowest BCUT2D eigenvalue weighted by Gasteiger charge is -2.36. The van der Waals surface area contributed by atoms with Crippen LogP contribution in [0.2, 0.25) is 18.1 Å². The second kappa shape index (κ2) is 7.75. The van der Waals surface area contributed by atoms with Crippen LogP contribution in [0.1, 0.15) is 43.0 Å². The fraction of sp³-hybridized carbons (Fsp3) is 0.478. The minimum absolute atomic E-state index is 0.191. The molecular weight excluding hydrogens is 347 g/mol. The summed E-state index contributed by atoms with van der Waals surface area (Å²) >= 11 is 0. The zero-order valence-corrected chi connectivity index (χ0v) is 19.7. The Morgan fingerprint density at radius 3 is 1.44 bits per heavy atom. The summed E-state index contributed by atoms with van der Waals surface area (Å²) in [5.74, 6) is 1.91. The number of aryl methyl sites for hydroxylation is 4. The first-order valence-electron chi connectivity index (χ1n) is 9.66. The third kappa shape index (κ3) is 4.79. The van der Waals surface area contributed by atoms with Gasteiger partial charge in [-0.2, -0.15) is 0 Å². The molecule has 0 bridgehead atoms. The summed E-state index contributed by atoms with van der Waals surface area (Å²) in [5.41, 5.74) is 7.49. The molecule has 4 heteroatoms. The Bertz CT molecular complexity index is 789. The Labute approximate surface area is 167 Å². The van der Waals surface area contributed by atoms with Crippen LogP contribution in [0, 0.1) is 27.7 Å². The fourth-order valence-corrected chi connectivity index (χ4v) is 4.11. The van der Waals surface area contributed by atoms with Crippen molar-refractivity contribution in [1.82, 2.24) is 0 Å².